The summed E-state index contributed by atoms with van der Waals surface area (Å²) >= 11 is 0. The molecule has 1 aromatic carbocycles. The van der Waals surface area contributed by atoms with E-state index in [9.17, 15) is 14.4 Å². The van der Waals surface area contributed by atoms with Crippen LogP contribution in [0.4, 0.5) is 0 Å². The van der Waals surface area contributed by atoms with Crippen molar-refractivity contribution in [1.82, 2.24) is 25.0 Å². The third-order valence-electron chi connectivity index (χ3n) is 5.97. The van der Waals surface area contributed by atoms with E-state index < -0.39 is 17.9 Å². The summed E-state index contributed by atoms with van der Waals surface area (Å²) < 4.78 is 2.16. The molecule has 1 atom stereocenters. The van der Waals surface area contributed by atoms with Gasteiger partial charge in [-0.15, -0.1) is 10.2 Å². The second kappa shape index (κ2) is 8.99. The smallest absolute Gasteiger partial charge is 0.262 e. The van der Waals surface area contributed by atoms with Crippen molar-refractivity contribution >= 4 is 17.7 Å². The third kappa shape index (κ3) is 4.24. The molecule has 1 aromatic heterocycles. The maximum atomic E-state index is 13.1. The first-order chi connectivity index (χ1) is 15.0. The average molecular weight is 424 g/mol. The van der Waals surface area contributed by atoms with Crippen molar-refractivity contribution in [3.8, 4) is 0 Å². The molecular formula is C23H29N5O3. The van der Waals surface area contributed by atoms with Crippen LogP contribution in [0.25, 0.3) is 0 Å². The largest absolute Gasteiger partial charge is 0.354 e. The van der Waals surface area contributed by atoms with Gasteiger partial charge in [0, 0.05) is 25.9 Å². The standard InChI is InChI=1S/C23H29N5O3/c1-15(2)14-18(28-22(30)16-8-5-6-9-17(16)23(28)31)21(29)24-12-11-20-26-25-19-10-4-3-7-13-27(19)20/h5-6,8-9,15,18H,3-4,7,10-14H2,1-2H3,(H,24,29)/t18-/m1/s1. The molecule has 0 unspecified atom stereocenters. The fraction of sp³-hybridized carbons (Fsp3) is 0.522. The molecule has 8 nitrogen and oxygen atoms in total. The topological polar surface area (TPSA) is 97.2 Å². The van der Waals surface area contributed by atoms with Crippen LogP contribution in [0.15, 0.2) is 24.3 Å². The molecule has 2 aliphatic heterocycles. The fourth-order valence-corrected chi connectivity index (χ4v) is 4.41. The van der Waals surface area contributed by atoms with E-state index in [1.165, 1.54) is 6.42 Å². The van der Waals surface area contributed by atoms with E-state index in [2.05, 4.69) is 20.1 Å². The number of imide groups is 1. The maximum Gasteiger partial charge on any atom is 0.262 e. The highest BCUT2D eigenvalue weighted by molar-refractivity contribution is 6.22. The Morgan fingerprint density at radius 3 is 2.45 bits per heavy atom. The molecule has 164 valence electrons. The number of hydrogen-bond donors (Lipinski definition) is 1. The van der Waals surface area contributed by atoms with Crippen molar-refractivity contribution in [3.05, 3.63) is 47.0 Å². The Hall–Kier alpha value is -3.03. The Morgan fingerprint density at radius 2 is 1.77 bits per heavy atom. The number of amides is 3. The summed E-state index contributed by atoms with van der Waals surface area (Å²) in [5, 5.41) is 11.5. The molecule has 3 heterocycles. The van der Waals surface area contributed by atoms with Crippen LogP contribution < -0.4 is 5.32 Å². The minimum atomic E-state index is -0.831. The quantitative estimate of drug-likeness (QED) is 0.690. The lowest BCUT2D eigenvalue weighted by Crippen LogP contribution is -2.50. The second-order valence-corrected chi connectivity index (χ2v) is 8.71. The van der Waals surface area contributed by atoms with Crippen LogP contribution in [0, 0.1) is 5.92 Å². The van der Waals surface area contributed by atoms with E-state index in [-0.39, 0.29) is 11.8 Å². The minimum Gasteiger partial charge on any atom is -0.354 e. The molecule has 0 fully saturated rings. The Labute approximate surface area is 182 Å². The van der Waals surface area contributed by atoms with Gasteiger partial charge in [-0.05, 0) is 37.3 Å². The fourth-order valence-electron chi connectivity index (χ4n) is 4.41. The third-order valence-corrected chi connectivity index (χ3v) is 5.97. The van der Waals surface area contributed by atoms with Crippen LogP contribution in [-0.4, -0.2) is 50.0 Å². The van der Waals surface area contributed by atoms with Crippen LogP contribution >= 0.6 is 0 Å². The van der Waals surface area contributed by atoms with Crippen molar-refractivity contribution in [3.63, 3.8) is 0 Å². The zero-order valence-electron chi connectivity index (χ0n) is 18.1. The number of aromatic nitrogens is 3. The molecule has 0 saturated heterocycles. The highest BCUT2D eigenvalue weighted by Crippen LogP contribution is 2.27. The number of fused-ring (bicyclic) bond motifs is 2. The highest BCUT2D eigenvalue weighted by Gasteiger charge is 2.42. The second-order valence-electron chi connectivity index (χ2n) is 8.71. The van der Waals surface area contributed by atoms with Gasteiger partial charge in [0.2, 0.25) is 5.91 Å². The van der Waals surface area contributed by atoms with Gasteiger partial charge in [-0.2, -0.15) is 0 Å². The van der Waals surface area contributed by atoms with Gasteiger partial charge in [0.05, 0.1) is 11.1 Å². The number of carbonyl (C=O) groups is 3. The first-order valence-corrected chi connectivity index (χ1v) is 11.1. The summed E-state index contributed by atoms with van der Waals surface area (Å²) in [4.78, 5) is 40.0. The maximum absolute atomic E-state index is 13.1. The van der Waals surface area contributed by atoms with E-state index >= 15 is 0 Å². The van der Waals surface area contributed by atoms with Crippen LogP contribution in [0.3, 0.4) is 0 Å². The zero-order valence-corrected chi connectivity index (χ0v) is 18.1. The van der Waals surface area contributed by atoms with Gasteiger partial charge < -0.3 is 9.88 Å². The minimum absolute atomic E-state index is 0.146. The summed E-state index contributed by atoms with van der Waals surface area (Å²) in [5.74, 6) is 0.931. The number of hydrogen-bond acceptors (Lipinski definition) is 5. The molecule has 8 heteroatoms. The Morgan fingerprint density at radius 1 is 1.06 bits per heavy atom. The summed E-state index contributed by atoms with van der Waals surface area (Å²) in [7, 11) is 0. The number of nitrogens with zero attached hydrogens (tertiary/aromatic N) is 4. The number of rotatable bonds is 7. The predicted octanol–water partition coefficient (Wildman–Crippen LogP) is 2.37. The first kappa shape index (κ1) is 21.2. The van der Waals surface area contributed by atoms with Crippen molar-refractivity contribution < 1.29 is 14.4 Å². The van der Waals surface area contributed by atoms with Gasteiger partial charge in [0.25, 0.3) is 11.8 Å². The van der Waals surface area contributed by atoms with Gasteiger partial charge in [0.1, 0.15) is 17.7 Å². The molecule has 3 amide bonds. The summed E-state index contributed by atoms with van der Waals surface area (Å²) in [6.45, 7) is 5.25. The van der Waals surface area contributed by atoms with E-state index in [4.69, 9.17) is 0 Å². The molecule has 2 aromatic rings. The van der Waals surface area contributed by atoms with Gasteiger partial charge >= 0.3 is 0 Å². The Balaban J connectivity index is 1.44. The van der Waals surface area contributed by atoms with Crippen molar-refractivity contribution in [2.45, 2.75) is 65.0 Å². The molecule has 0 spiro atoms. The molecule has 0 radical (unpaired) electrons. The molecule has 0 bridgehead atoms. The van der Waals surface area contributed by atoms with E-state index in [1.807, 2.05) is 13.8 Å². The van der Waals surface area contributed by atoms with Crippen molar-refractivity contribution in [1.29, 1.82) is 0 Å². The number of aryl methyl sites for hydroxylation is 1. The predicted molar refractivity (Wildman–Crippen MR) is 114 cm³/mol. The molecule has 1 N–H and O–H groups in total. The van der Waals surface area contributed by atoms with Crippen LogP contribution in [0.2, 0.25) is 0 Å². The van der Waals surface area contributed by atoms with E-state index in [0.29, 0.717) is 30.5 Å². The van der Waals surface area contributed by atoms with Crippen molar-refractivity contribution in [2.75, 3.05) is 6.54 Å². The van der Waals surface area contributed by atoms with Gasteiger partial charge in [-0.3, -0.25) is 19.3 Å². The number of nitrogens with one attached hydrogen (secondary N) is 1. The summed E-state index contributed by atoms with van der Waals surface area (Å²) in [6, 6.07) is 5.90. The lowest BCUT2D eigenvalue weighted by Gasteiger charge is -2.26. The van der Waals surface area contributed by atoms with Gasteiger partial charge in [0.15, 0.2) is 0 Å². The van der Waals surface area contributed by atoms with Crippen LogP contribution in [0.5, 0.6) is 0 Å². The highest BCUT2D eigenvalue weighted by atomic mass is 16.2. The normalized spacial score (nSPS) is 16.8. The monoisotopic (exact) mass is 423 g/mol. The van der Waals surface area contributed by atoms with Crippen LogP contribution in [-0.2, 0) is 24.2 Å². The Kier molecular flexibility index (Phi) is 6.15. The Bertz CT molecular complexity index is 962. The van der Waals surface area contributed by atoms with Gasteiger partial charge in [-0.25, -0.2) is 0 Å². The number of benzene rings is 1. The average Bonchev–Trinajstić information content (AvgIpc) is 3.13. The molecule has 2 aliphatic rings. The first-order valence-electron chi connectivity index (χ1n) is 11.1. The van der Waals surface area contributed by atoms with E-state index in [0.717, 1.165) is 42.4 Å². The molecule has 0 saturated carbocycles. The zero-order chi connectivity index (χ0) is 22.0. The summed E-state index contributed by atoms with van der Waals surface area (Å²) in [6.07, 6.45) is 5.35. The lowest BCUT2D eigenvalue weighted by atomic mass is 10.0. The number of carbonyl (C=O) groups excluding carboxylic acids is 3. The molecule has 31 heavy (non-hydrogen) atoms. The van der Waals surface area contributed by atoms with Crippen LogP contribution in [0.1, 0.15) is 71.9 Å². The SMILES string of the molecule is CC(C)C[C@H](C(=O)NCCc1nnc2n1CCCCC2)N1C(=O)c2ccccc2C1=O. The molecular weight excluding hydrogens is 394 g/mol. The molecule has 0 aliphatic carbocycles. The van der Waals surface area contributed by atoms with Crippen molar-refractivity contribution in [2.24, 2.45) is 5.92 Å². The lowest BCUT2D eigenvalue weighted by molar-refractivity contribution is -0.125. The van der Waals surface area contributed by atoms with Gasteiger partial charge in [-0.1, -0.05) is 32.4 Å². The van der Waals surface area contributed by atoms with E-state index in [1.54, 1.807) is 24.3 Å². The molecule has 4 rings (SSSR count). The summed E-state index contributed by atoms with van der Waals surface area (Å²) in [5.41, 5.74) is 0.723.